The number of aromatic hydroxyl groups is 1. The first-order valence-electron chi connectivity index (χ1n) is 6.85. The zero-order valence-corrected chi connectivity index (χ0v) is 15.5. The lowest BCUT2D eigenvalue weighted by atomic mass is 9.71. The van der Waals surface area contributed by atoms with Crippen molar-refractivity contribution in [2.45, 2.75) is 19.3 Å². The maximum atomic E-state index is 11.6. The smallest absolute Gasteiger partial charge is 0.466 e. The number of carbonyl (C=O) groups excluding carboxylic acids is 1. The SMILES string of the molecule is CC1(C)C2=CC(=O)C=CC2=Nc2cc(Cl)c(O)c(Cl)c21.O=P(O)(O)O. The van der Waals surface area contributed by atoms with Crippen LogP contribution in [0.2, 0.25) is 10.0 Å². The van der Waals surface area contributed by atoms with Gasteiger partial charge in [0.2, 0.25) is 0 Å². The molecule has 4 N–H and O–H groups in total. The van der Waals surface area contributed by atoms with Gasteiger partial charge in [0, 0.05) is 11.0 Å². The summed E-state index contributed by atoms with van der Waals surface area (Å²) in [5.41, 5.74) is 2.28. The third-order valence-electron chi connectivity index (χ3n) is 3.68. The number of halogens is 2. The quantitative estimate of drug-likeness (QED) is 0.387. The number of rotatable bonds is 0. The predicted octanol–water partition coefficient (Wildman–Crippen LogP) is 3.20. The molecule has 0 radical (unpaired) electrons. The van der Waals surface area contributed by atoms with Crippen LogP contribution in [0, 0.1) is 0 Å². The van der Waals surface area contributed by atoms with Crippen LogP contribution in [0.1, 0.15) is 19.4 Å². The van der Waals surface area contributed by atoms with Crippen molar-refractivity contribution in [3.8, 4) is 5.75 Å². The number of ketones is 1. The molecule has 3 rings (SSSR count). The highest BCUT2D eigenvalue weighted by Crippen LogP contribution is 2.51. The number of hydrogen-bond acceptors (Lipinski definition) is 4. The highest BCUT2D eigenvalue weighted by atomic mass is 35.5. The van der Waals surface area contributed by atoms with Crippen molar-refractivity contribution >= 4 is 48.2 Å². The molecule has 2 aliphatic rings. The Hall–Kier alpha value is -1.47. The summed E-state index contributed by atoms with van der Waals surface area (Å²) < 4.78 is 8.88. The molecule has 1 aromatic rings. The summed E-state index contributed by atoms with van der Waals surface area (Å²) in [6, 6.07) is 1.59. The van der Waals surface area contributed by atoms with E-state index >= 15 is 0 Å². The molecule has 0 saturated heterocycles. The van der Waals surface area contributed by atoms with Crippen molar-refractivity contribution < 1.29 is 29.1 Å². The summed E-state index contributed by atoms with van der Waals surface area (Å²) in [5.74, 6) is -0.234. The minimum absolute atomic E-state index is 0.0789. The number of nitrogens with zero attached hydrogens (tertiary/aromatic N) is 1. The molecule has 1 aliphatic heterocycles. The minimum Gasteiger partial charge on any atom is -0.505 e. The number of allylic oxidation sites excluding steroid dienone is 4. The van der Waals surface area contributed by atoms with Gasteiger partial charge in [-0.1, -0.05) is 37.0 Å². The van der Waals surface area contributed by atoms with Crippen LogP contribution in [0.3, 0.4) is 0 Å². The lowest BCUT2D eigenvalue weighted by molar-refractivity contribution is -0.110. The van der Waals surface area contributed by atoms with Crippen LogP contribution in [0.4, 0.5) is 5.69 Å². The lowest BCUT2D eigenvalue weighted by Crippen LogP contribution is -2.30. The third-order valence-corrected chi connectivity index (χ3v) is 4.34. The number of fused-ring (bicyclic) bond motifs is 2. The van der Waals surface area contributed by atoms with Crippen LogP contribution in [-0.2, 0) is 14.8 Å². The maximum absolute atomic E-state index is 11.6. The van der Waals surface area contributed by atoms with Gasteiger partial charge in [-0.25, -0.2) is 9.56 Å². The van der Waals surface area contributed by atoms with Gasteiger partial charge in [-0.15, -0.1) is 0 Å². The fourth-order valence-corrected chi connectivity index (χ4v) is 3.34. The van der Waals surface area contributed by atoms with E-state index in [0.29, 0.717) is 11.3 Å². The van der Waals surface area contributed by atoms with E-state index in [1.807, 2.05) is 13.8 Å². The van der Waals surface area contributed by atoms with E-state index < -0.39 is 13.2 Å². The van der Waals surface area contributed by atoms with Crippen molar-refractivity contribution in [1.29, 1.82) is 0 Å². The van der Waals surface area contributed by atoms with E-state index in [1.165, 1.54) is 6.08 Å². The topological polar surface area (TPSA) is 127 Å². The molecule has 0 unspecified atom stereocenters. The molecule has 0 atom stereocenters. The van der Waals surface area contributed by atoms with Gasteiger partial charge in [0.25, 0.3) is 0 Å². The molecule has 0 bridgehead atoms. The second-order valence-corrected chi connectivity index (χ2v) is 7.66. The maximum Gasteiger partial charge on any atom is 0.466 e. The van der Waals surface area contributed by atoms with Crippen LogP contribution < -0.4 is 0 Å². The molecular formula is C15H14Cl2NO6P. The molecule has 1 aliphatic carbocycles. The average Bonchev–Trinajstić information content (AvgIpc) is 2.43. The lowest BCUT2D eigenvalue weighted by Gasteiger charge is -2.35. The van der Waals surface area contributed by atoms with E-state index in [2.05, 4.69) is 4.99 Å². The molecule has 134 valence electrons. The second kappa shape index (κ2) is 6.68. The van der Waals surface area contributed by atoms with E-state index in [-0.39, 0.29) is 21.6 Å². The molecule has 0 fully saturated rings. The molecule has 0 saturated carbocycles. The van der Waals surface area contributed by atoms with Crippen molar-refractivity contribution in [3.63, 3.8) is 0 Å². The molecule has 10 heteroatoms. The Morgan fingerprint density at radius 2 is 1.72 bits per heavy atom. The minimum atomic E-state index is -4.64. The van der Waals surface area contributed by atoms with E-state index in [1.54, 1.807) is 18.2 Å². The van der Waals surface area contributed by atoms with Crippen molar-refractivity contribution in [1.82, 2.24) is 0 Å². The zero-order chi connectivity index (χ0) is 19.2. The van der Waals surface area contributed by atoms with Gasteiger partial charge in [-0.2, -0.15) is 0 Å². The first-order chi connectivity index (χ1) is 11.3. The van der Waals surface area contributed by atoms with E-state index in [9.17, 15) is 9.90 Å². The highest BCUT2D eigenvalue weighted by molar-refractivity contribution is 7.45. The summed E-state index contributed by atoms with van der Waals surface area (Å²) >= 11 is 12.2. The van der Waals surface area contributed by atoms with Crippen molar-refractivity contribution in [2.75, 3.05) is 0 Å². The molecule has 7 nitrogen and oxygen atoms in total. The van der Waals surface area contributed by atoms with E-state index in [4.69, 9.17) is 42.4 Å². The monoisotopic (exact) mass is 405 g/mol. The van der Waals surface area contributed by atoms with Crippen molar-refractivity contribution in [3.05, 3.63) is 45.5 Å². The van der Waals surface area contributed by atoms with Crippen LogP contribution in [0.5, 0.6) is 5.75 Å². The summed E-state index contributed by atoms with van der Waals surface area (Å²) in [7, 11) is -4.64. The van der Waals surface area contributed by atoms with Crippen molar-refractivity contribution in [2.24, 2.45) is 4.99 Å². The van der Waals surface area contributed by atoms with Gasteiger partial charge in [-0.3, -0.25) is 4.79 Å². The fourth-order valence-electron chi connectivity index (χ4n) is 2.66. The Morgan fingerprint density at radius 1 is 1.16 bits per heavy atom. The average molecular weight is 406 g/mol. The Bertz CT molecular complexity index is 890. The van der Waals surface area contributed by atoms with Crippen LogP contribution in [0.15, 0.2) is 34.9 Å². The van der Waals surface area contributed by atoms with Gasteiger partial charge < -0.3 is 19.8 Å². The number of benzene rings is 1. The van der Waals surface area contributed by atoms with Gasteiger partial charge >= 0.3 is 7.82 Å². The zero-order valence-electron chi connectivity index (χ0n) is 13.1. The third kappa shape index (κ3) is 4.20. The standard InChI is InChI=1S/C15H11Cl2NO2.H3O4P/c1-15(2)8-5-7(19)3-4-10(8)18-11-6-9(16)14(20)13(17)12(11)15;1-5(2,3)4/h3-6,20H,1-2H3;(H3,1,2,3,4). The summed E-state index contributed by atoms with van der Waals surface area (Å²) in [6.45, 7) is 3.88. The molecule has 0 spiro atoms. The summed E-state index contributed by atoms with van der Waals surface area (Å²) in [4.78, 5) is 37.7. The molecule has 0 aromatic heterocycles. The second-order valence-electron chi connectivity index (χ2n) is 5.84. The molecule has 1 heterocycles. The van der Waals surface area contributed by atoms with Gasteiger partial charge in [-0.05, 0) is 29.9 Å². The Labute approximate surface area is 153 Å². The Balaban J connectivity index is 0.000000399. The van der Waals surface area contributed by atoms with Crippen LogP contribution >= 0.6 is 31.0 Å². The van der Waals surface area contributed by atoms with Crippen LogP contribution in [-0.4, -0.2) is 31.3 Å². The molecule has 25 heavy (non-hydrogen) atoms. The number of carbonyl (C=O) groups is 1. The summed E-state index contributed by atoms with van der Waals surface area (Å²) in [6.07, 6.45) is 4.73. The number of aliphatic imine (C=N–C) groups is 1. The Morgan fingerprint density at radius 3 is 2.28 bits per heavy atom. The first-order valence-corrected chi connectivity index (χ1v) is 9.17. The largest absolute Gasteiger partial charge is 0.505 e. The number of phenols is 1. The number of phosphoric acid groups is 1. The van der Waals surface area contributed by atoms with Gasteiger partial charge in [0.1, 0.15) is 0 Å². The van der Waals surface area contributed by atoms with Gasteiger partial charge in [0.15, 0.2) is 11.5 Å². The molecular weight excluding hydrogens is 392 g/mol. The fraction of sp³-hybridized carbons (Fsp3) is 0.200. The normalized spacial score (nSPS) is 17.6. The van der Waals surface area contributed by atoms with E-state index in [0.717, 1.165) is 11.3 Å². The molecule has 0 amide bonds. The molecule has 1 aromatic carbocycles. The summed E-state index contributed by atoms with van der Waals surface area (Å²) in [5, 5.41) is 10.3. The highest BCUT2D eigenvalue weighted by Gasteiger charge is 2.38. The van der Waals surface area contributed by atoms with Gasteiger partial charge in [0.05, 0.1) is 21.4 Å². The first kappa shape index (κ1) is 19.8. The number of hydrogen-bond donors (Lipinski definition) is 4. The Kier molecular flexibility index (Phi) is 5.31. The van der Waals surface area contributed by atoms with Crippen LogP contribution in [0.25, 0.3) is 0 Å². The predicted molar refractivity (Wildman–Crippen MR) is 94.7 cm³/mol. The number of phenolic OH excluding ortho intramolecular Hbond substituents is 1.